The van der Waals surface area contributed by atoms with Crippen molar-refractivity contribution < 1.29 is 4.79 Å². The van der Waals surface area contributed by atoms with E-state index in [9.17, 15) is 4.79 Å². The lowest BCUT2D eigenvalue weighted by Crippen LogP contribution is -2.49. The molecule has 1 fully saturated rings. The minimum atomic E-state index is -0.0132. The number of hydrogen-bond donors (Lipinski definition) is 1. The van der Waals surface area contributed by atoms with Gasteiger partial charge in [0.25, 0.3) is 0 Å². The van der Waals surface area contributed by atoms with Crippen LogP contribution in [0.25, 0.3) is 0 Å². The molecule has 1 amide bonds. The van der Waals surface area contributed by atoms with Crippen molar-refractivity contribution in [2.75, 3.05) is 13.6 Å². The van der Waals surface area contributed by atoms with Crippen molar-refractivity contribution in [3.63, 3.8) is 0 Å². The summed E-state index contributed by atoms with van der Waals surface area (Å²) < 4.78 is 1.80. The van der Waals surface area contributed by atoms with Crippen LogP contribution >= 0.6 is 0 Å². The van der Waals surface area contributed by atoms with Gasteiger partial charge in [0.1, 0.15) is 0 Å². The second kappa shape index (κ2) is 4.87. The van der Waals surface area contributed by atoms with E-state index in [1.54, 1.807) is 4.68 Å². The van der Waals surface area contributed by atoms with E-state index >= 15 is 0 Å². The number of nitrogens with zero attached hydrogens (tertiary/aromatic N) is 3. The van der Waals surface area contributed by atoms with Gasteiger partial charge in [0.15, 0.2) is 0 Å². The Morgan fingerprint density at radius 2 is 2.35 bits per heavy atom. The Hall–Kier alpha value is -1.36. The highest BCUT2D eigenvalue weighted by atomic mass is 16.2. The predicted octanol–water partition coefficient (Wildman–Crippen LogP) is 0.439. The first kappa shape index (κ1) is 12.1. The van der Waals surface area contributed by atoms with E-state index in [2.05, 4.69) is 10.4 Å². The van der Waals surface area contributed by atoms with Gasteiger partial charge in [-0.2, -0.15) is 5.10 Å². The Kier molecular flexibility index (Phi) is 3.47. The third-order valence-electron chi connectivity index (χ3n) is 3.36. The summed E-state index contributed by atoms with van der Waals surface area (Å²) in [7, 11) is 3.76. The van der Waals surface area contributed by atoms with Gasteiger partial charge in [0, 0.05) is 31.9 Å². The lowest BCUT2D eigenvalue weighted by molar-refractivity contribution is -0.136. The Balaban J connectivity index is 2.08. The summed E-state index contributed by atoms with van der Waals surface area (Å²) in [5, 5.41) is 7.38. The summed E-state index contributed by atoms with van der Waals surface area (Å²) in [6, 6.07) is -0.0132. The van der Waals surface area contributed by atoms with Crippen molar-refractivity contribution >= 4 is 5.91 Å². The number of carbonyl (C=O) groups excluding carboxylic acids is 1. The average Bonchev–Trinajstić information content (AvgIpc) is 2.60. The van der Waals surface area contributed by atoms with Crippen molar-refractivity contribution in [1.82, 2.24) is 20.0 Å². The van der Waals surface area contributed by atoms with Crippen molar-refractivity contribution in [3.8, 4) is 0 Å². The Labute approximate surface area is 102 Å². The maximum absolute atomic E-state index is 12.1. The molecular formula is C12H20N4O. The van der Waals surface area contributed by atoms with Crippen LogP contribution in [-0.4, -0.2) is 40.2 Å². The topological polar surface area (TPSA) is 50.2 Å². The van der Waals surface area contributed by atoms with Crippen LogP contribution in [0.2, 0.25) is 0 Å². The van der Waals surface area contributed by atoms with Gasteiger partial charge in [-0.3, -0.25) is 9.48 Å². The SMILES string of the molecule is CNC1CCCN(Cc2cn(C)nc2C)C1=O. The minimum absolute atomic E-state index is 0.0132. The first-order chi connectivity index (χ1) is 8.11. The number of carbonyl (C=O) groups is 1. The Morgan fingerprint density at radius 3 is 2.94 bits per heavy atom. The molecule has 1 aromatic rings. The maximum Gasteiger partial charge on any atom is 0.239 e. The van der Waals surface area contributed by atoms with Gasteiger partial charge in [-0.05, 0) is 26.8 Å². The van der Waals surface area contributed by atoms with Gasteiger partial charge in [-0.1, -0.05) is 0 Å². The first-order valence-corrected chi connectivity index (χ1v) is 6.07. The first-order valence-electron chi connectivity index (χ1n) is 6.07. The van der Waals surface area contributed by atoms with Crippen molar-refractivity contribution in [3.05, 3.63) is 17.5 Å². The minimum Gasteiger partial charge on any atom is -0.337 e. The molecule has 0 saturated carbocycles. The van der Waals surface area contributed by atoms with E-state index in [1.165, 1.54) is 0 Å². The molecule has 0 spiro atoms. The molecule has 0 aromatic carbocycles. The summed E-state index contributed by atoms with van der Waals surface area (Å²) in [5.74, 6) is 0.210. The van der Waals surface area contributed by atoms with Crippen LogP contribution in [0.15, 0.2) is 6.20 Å². The molecule has 1 aromatic heterocycles. The van der Waals surface area contributed by atoms with Gasteiger partial charge in [0.2, 0.25) is 5.91 Å². The molecule has 0 radical (unpaired) electrons. The van der Waals surface area contributed by atoms with Crippen LogP contribution in [-0.2, 0) is 18.4 Å². The number of likely N-dealkylation sites (tertiary alicyclic amines) is 1. The van der Waals surface area contributed by atoms with E-state index in [4.69, 9.17) is 0 Å². The molecule has 17 heavy (non-hydrogen) atoms. The highest BCUT2D eigenvalue weighted by molar-refractivity contribution is 5.82. The number of aromatic nitrogens is 2. The molecule has 5 heteroatoms. The monoisotopic (exact) mass is 236 g/mol. The molecule has 0 aliphatic carbocycles. The number of hydrogen-bond acceptors (Lipinski definition) is 3. The van der Waals surface area contributed by atoms with Crippen LogP contribution in [0.3, 0.4) is 0 Å². The molecule has 2 rings (SSSR count). The van der Waals surface area contributed by atoms with Gasteiger partial charge >= 0.3 is 0 Å². The lowest BCUT2D eigenvalue weighted by atomic mass is 10.0. The maximum atomic E-state index is 12.1. The molecule has 1 unspecified atom stereocenters. The van der Waals surface area contributed by atoms with Crippen molar-refractivity contribution in [1.29, 1.82) is 0 Å². The van der Waals surface area contributed by atoms with Crippen LogP contribution in [0.1, 0.15) is 24.1 Å². The highest BCUT2D eigenvalue weighted by Crippen LogP contribution is 2.16. The summed E-state index contributed by atoms with van der Waals surface area (Å²) in [4.78, 5) is 14.0. The fourth-order valence-corrected chi connectivity index (χ4v) is 2.37. The summed E-state index contributed by atoms with van der Waals surface area (Å²) in [5.41, 5.74) is 2.14. The lowest BCUT2D eigenvalue weighted by Gasteiger charge is -2.31. The van der Waals surface area contributed by atoms with Crippen molar-refractivity contribution in [2.24, 2.45) is 7.05 Å². The van der Waals surface area contributed by atoms with E-state index in [0.29, 0.717) is 6.54 Å². The Bertz CT molecular complexity index is 413. The number of aryl methyl sites for hydroxylation is 2. The number of piperidine rings is 1. The fraction of sp³-hybridized carbons (Fsp3) is 0.667. The standard InChI is InChI=1S/C12H20N4O/c1-9-10(7-15(3)14-9)8-16-6-4-5-11(13-2)12(16)17/h7,11,13H,4-6,8H2,1-3H3. The molecule has 94 valence electrons. The average molecular weight is 236 g/mol. The molecule has 1 aliphatic heterocycles. The zero-order valence-electron chi connectivity index (χ0n) is 10.7. The van der Waals surface area contributed by atoms with Gasteiger partial charge < -0.3 is 10.2 Å². The second-order valence-corrected chi connectivity index (χ2v) is 4.66. The summed E-state index contributed by atoms with van der Waals surface area (Å²) in [6.45, 7) is 3.52. The predicted molar refractivity (Wildman–Crippen MR) is 65.4 cm³/mol. The molecule has 1 aliphatic rings. The molecule has 5 nitrogen and oxygen atoms in total. The van der Waals surface area contributed by atoms with Gasteiger partial charge in [0.05, 0.1) is 11.7 Å². The molecule has 2 heterocycles. The molecular weight excluding hydrogens is 216 g/mol. The molecule has 1 atom stereocenters. The molecule has 0 bridgehead atoms. The number of likely N-dealkylation sites (N-methyl/N-ethyl adjacent to an activating group) is 1. The third-order valence-corrected chi connectivity index (χ3v) is 3.36. The van der Waals surface area contributed by atoms with Crippen LogP contribution < -0.4 is 5.32 Å². The number of rotatable bonds is 3. The van der Waals surface area contributed by atoms with Gasteiger partial charge in [-0.25, -0.2) is 0 Å². The van der Waals surface area contributed by atoms with E-state index in [0.717, 1.165) is 30.6 Å². The highest BCUT2D eigenvalue weighted by Gasteiger charge is 2.27. The quantitative estimate of drug-likeness (QED) is 0.828. The molecule has 1 N–H and O–H groups in total. The second-order valence-electron chi connectivity index (χ2n) is 4.66. The number of nitrogens with one attached hydrogen (secondary N) is 1. The van der Waals surface area contributed by atoms with Crippen LogP contribution in [0.4, 0.5) is 0 Å². The van der Waals surface area contributed by atoms with Gasteiger partial charge in [-0.15, -0.1) is 0 Å². The Morgan fingerprint density at radius 1 is 1.59 bits per heavy atom. The zero-order chi connectivity index (χ0) is 12.4. The van der Waals surface area contributed by atoms with Crippen LogP contribution in [0, 0.1) is 6.92 Å². The summed E-state index contributed by atoms with van der Waals surface area (Å²) in [6.07, 6.45) is 4.00. The number of amides is 1. The fourth-order valence-electron chi connectivity index (χ4n) is 2.37. The smallest absolute Gasteiger partial charge is 0.239 e. The largest absolute Gasteiger partial charge is 0.337 e. The van der Waals surface area contributed by atoms with Crippen molar-refractivity contribution in [2.45, 2.75) is 32.4 Å². The summed E-state index contributed by atoms with van der Waals surface area (Å²) >= 11 is 0. The third kappa shape index (κ3) is 2.49. The van der Waals surface area contributed by atoms with E-state index < -0.39 is 0 Å². The van der Waals surface area contributed by atoms with Crippen LogP contribution in [0.5, 0.6) is 0 Å². The zero-order valence-corrected chi connectivity index (χ0v) is 10.7. The normalized spacial score (nSPS) is 21.0. The van der Waals surface area contributed by atoms with E-state index in [1.807, 2.05) is 32.1 Å². The molecule has 1 saturated heterocycles. The van der Waals surface area contributed by atoms with E-state index in [-0.39, 0.29) is 11.9 Å².